The van der Waals surface area contributed by atoms with E-state index in [4.69, 9.17) is 4.74 Å². The third kappa shape index (κ3) is 4.70. The Balaban J connectivity index is 0.00000256. The summed E-state index contributed by atoms with van der Waals surface area (Å²) in [6, 6.07) is 22.9. The molecular formula is C24H22ClN3O2. The van der Waals surface area contributed by atoms with Gasteiger partial charge in [-0.1, -0.05) is 29.8 Å². The van der Waals surface area contributed by atoms with Crippen LogP contribution in [0.1, 0.15) is 15.9 Å². The Morgan fingerprint density at radius 3 is 2.40 bits per heavy atom. The van der Waals surface area contributed by atoms with Gasteiger partial charge in [-0.15, -0.1) is 12.4 Å². The molecule has 0 aliphatic rings. The molecule has 1 aromatic heterocycles. The molecule has 0 saturated carbocycles. The lowest BCUT2D eigenvalue weighted by atomic mass is 10.1. The number of hydrogen-bond donors (Lipinski definition) is 2. The molecule has 0 unspecified atom stereocenters. The average molecular weight is 420 g/mol. The van der Waals surface area contributed by atoms with Crippen LogP contribution in [0.25, 0.3) is 22.6 Å². The molecule has 0 fully saturated rings. The first-order chi connectivity index (χ1) is 14.1. The molecule has 6 heteroatoms. The zero-order chi connectivity index (χ0) is 20.2. The summed E-state index contributed by atoms with van der Waals surface area (Å²) in [7, 11) is 1.64. The summed E-state index contributed by atoms with van der Waals surface area (Å²) < 4.78 is 5.20. The number of amides is 1. The number of imidazole rings is 1. The van der Waals surface area contributed by atoms with Gasteiger partial charge in [0.2, 0.25) is 0 Å². The maximum absolute atomic E-state index is 12.5. The lowest BCUT2D eigenvalue weighted by Crippen LogP contribution is -2.11. The number of carbonyl (C=O) groups is 1. The molecule has 3 aromatic carbocycles. The normalized spacial score (nSPS) is 10.2. The number of benzene rings is 3. The molecule has 0 atom stereocenters. The number of rotatable bonds is 5. The van der Waals surface area contributed by atoms with E-state index in [2.05, 4.69) is 15.3 Å². The van der Waals surface area contributed by atoms with Crippen molar-refractivity contribution in [2.75, 3.05) is 12.4 Å². The minimum absolute atomic E-state index is 0. The molecule has 0 spiro atoms. The first kappa shape index (κ1) is 21.1. The van der Waals surface area contributed by atoms with Crippen molar-refractivity contribution in [3.05, 3.63) is 90.1 Å². The molecule has 2 N–H and O–H groups in total. The summed E-state index contributed by atoms with van der Waals surface area (Å²) in [4.78, 5) is 20.3. The van der Waals surface area contributed by atoms with Crippen molar-refractivity contribution in [3.8, 4) is 28.4 Å². The summed E-state index contributed by atoms with van der Waals surface area (Å²) in [6.07, 6.45) is 1.79. The SMILES string of the molecule is COc1ccc(-c2ncc(-c3cccc(NC(=O)c4ccc(C)cc4)c3)[nH]2)cc1.Cl. The fourth-order valence-corrected chi connectivity index (χ4v) is 3.04. The number of methoxy groups -OCH3 is 1. The van der Waals surface area contributed by atoms with Gasteiger partial charge in [-0.2, -0.15) is 0 Å². The highest BCUT2D eigenvalue weighted by Gasteiger charge is 2.09. The number of aromatic nitrogens is 2. The predicted octanol–water partition coefficient (Wildman–Crippen LogP) is 5.73. The Bertz CT molecular complexity index is 1140. The van der Waals surface area contributed by atoms with Crippen LogP contribution < -0.4 is 10.1 Å². The molecule has 1 heterocycles. The van der Waals surface area contributed by atoms with E-state index in [1.54, 1.807) is 13.3 Å². The van der Waals surface area contributed by atoms with Gasteiger partial charge in [0, 0.05) is 22.4 Å². The van der Waals surface area contributed by atoms with Crippen LogP contribution in [0.15, 0.2) is 79.0 Å². The molecule has 152 valence electrons. The second-order valence-corrected chi connectivity index (χ2v) is 6.77. The molecule has 0 radical (unpaired) electrons. The third-order valence-electron chi connectivity index (χ3n) is 4.68. The summed E-state index contributed by atoms with van der Waals surface area (Å²) in [5, 5.41) is 2.95. The Kier molecular flexibility index (Phi) is 6.54. The van der Waals surface area contributed by atoms with E-state index in [1.165, 1.54) is 0 Å². The van der Waals surface area contributed by atoms with Gasteiger partial charge in [-0.05, 0) is 55.5 Å². The van der Waals surface area contributed by atoms with Crippen LogP contribution in [0.5, 0.6) is 5.75 Å². The van der Waals surface area contributed by atoms with Crippen molar-refractivity contribution in [1.29, 1.82) is 0 Å². The van der Waals surface area contributed by atoms with Gasteiger partial charge in [0.25, 0.3) is 5.91 Å². The molecule has 5 nitrogen and oxygen atoms in total. The van der Waals surface area contributed by atoms with Gasteiger partial charge in [0.05, 0.1) is 19.0 Å². The molecule has 0 aliphatic carbocycles. The lowest BCUT2D eigenvalue weighted by Gasteiger charge is -2.07. The lowest BCUT2D eigenvalue weighted by molar-refractivity contribution is 0.102. The molecule has 4 rings (SSSR count). The molecule has 30 heavy (non-hydrogen) atoms. The molecule has 0 saturated heterocycles. The average Bonchev–Trinajstić information content (AvgIpc) is 3.25. The fourth-order valence-electron chi connectivity index (χ4n) is 3.04. The number of nitrogens with one attached hydrogen (secondary N) is 2. The number of hydrogen-bond acceptors (Lipinski definition) is 3. The Hall–Kier alpha value is -3.57. The van der Waals surface area contributed by atoms with Gasteiger partial charge >= 0.3 is 0 Å². The van der Waals surface area contributed by atoms with E-state index in [0.29, 0.717) is 5.56 Å². The van der Waals surface area contributed by atoms with Crippen molar-refractivity contribution in [1.82, 2.24) is 9.97 Å². The number of aryl methyl sites for hydroxylation is 1. The van der Waals surface area contributed by atoms with Crippen LogP contribution in [0.4, 0.5) is 5.69 Å². The predicted molar refractivity (Wildman–Crippen MR) is 122 cm³/mol. The maximum atomic E-state index is 12.5. The van der Waals surface area contributed by atoms with E-state index in [-0.39, 0.29) is 18.3 Å². The number of halogens is 1. The minimum atomic E-state index is -0.134. The molecule has 0 aliphatic heterocycles. The van der Waals surface area contributed by atoms with E-state index >= 15 is 0 Å². The van der Waals surface area contributed by atoms with Crippen LogP contribution >= 0.6 is 12.4 Å². The van der Waals surface area contributed by atoms with Crippen molar-refractivity contribution in [3.63, 3.8) is 0 Å². The molecular weight excluding hydrogens is 398 g/mol. The monoisotopic (exact) mass is 419 g/mol. The van der Waals surface area contributed by atoms with Gasteiger partial charge < -0.3 is 15.0 Å². The summed E-state index contributed by atoms with van der Waals surface area (Å²) in [5.74, 6) is 1.44. The number of anilines is 1. The van der Waals surface area contributed by atoms with E-state index in [9.17, 15) is 4.79 Å². The Morgan fingerprint density at radius 1 is 0.967 bits per heavy atom. The second-order valence-electron chi connectivity index (χ2n) is 6.77. The van der Waals surface area contributed by atoms with Crippen LogP contribution in [0.3, 0.4) is 0 Å². The van der Waals surface area contributed by atoms with Crippen molar-refractivity contribution >= 4 is 24.0 Å². The minimum Gasteiger partial charge on any atom is -0.497 e. The van der Waals surface area contributed by atoms with Gasteiger partial charge in [-0.25, -0.2) is 4.98 Å². The summed E-state index contributed by atoms with van der Waals surface area (Å²) >= 11 is 0. The molecule has 1 amide bonds. The summed E-state index contributed by atoms with van der Waals surface area (Å²) in [6.45, 7) is 2.00. The Labute approximate surface area is 181 Å². The zero-order valence-electron chi connectivity index (χ0n) is 16.7. The third-order valence-corrected chi connectivity index (χ3v) is 4.68. The van der Waals surface area contributed by atoms with Crippen molar-refractivity contribution in [2.45, 2.75) is 6.92 Å². The van der Waals surface area contributed by atoms with E-state index in [1.807, 2.05) is 79.7 Å². The smallest absolute Gasteiger partial charge is 0.255 e. The zero-order valence-corrected chi connectivity index (χ0v) is 17.5. The van der Waals surface area contributed by atoms with Crippen LogP contribution in [0, 0.1) is 6.92 Å². The first-order valence-electron chi connectivity index (χ1n) is 9.30. The number of H-pyrrole nitrogens is 1. The quantitative estimate of drug-likeness (QED) is 0.433. The molecule has 0 bridgehead atoms. The Morgan fingerprint density at radius 2 is 1.70 bits per heavy atom. The number of ether oxygens (including phenoxy) is 1. The highest BCUT2D eigenvalue weighted by molar-refractivity contribution is 6.04. The maximum Gasteiger partial charge on any atom is 0.255 e. The topological polar surface area (TPSA) is 67.0 Å². The van der Waals surface area contributed by atoms with Crippen LogP contribution in [0.2, 0.25) is 0 Å². The number of carbonyl (C=O) groups excluding carboxylic acids is 1. The van der Waals surface area contributed by atoms with Crippen LogP contribution in [-0.2, 0) is 0 Å². The number of nitrogens with zero attached hydrogens (tertiary/aromatic N) is 1. The standard InChI is InChI=1S/C24H21N3O2.ClH/c1-16-6-8-18(9-7-16)24(28)26-20-5-3-4-19(14-20)22-15-25-23(27-22)17-10-12-21(29-2)13-11-17;/h3-15H,1-2H3,(H,25,27)(H,26,28);1H. The van der Waals surface area contributed by atoms with Gasteiger partial charge in [-0.3, -0.25) is 4.79 Å². The number of aromatic amines is 1. The van der Waals surface area contributed by atoms with E-state index < -0.39 is 0 Å². The van der Waals surface area contributed by atoms with Gasteiger partial charge in [0.15, 0.2) is 0 Å². The van der Waals surface area contributed by atoms with Crippen molar-refractivity contribution in [2.24, 2.45) is 0 Å². The van der Waals surface area contributed by atoms with E-state index in [0.717, 1.165) is 39.6 Å². The first-order valence-corrected chi connectivity index (χ1v) is 9.30. The van der Waals surface area contributed by atoms with Crippen LogP contribution in [-0.4, -0.2) is 23.0 Å². The molecule has 4 aromatic rings. The fraction of sp³-hybridized carbons (Fsp3) is 0.0833. The second kappa shape index (κ2) is 9.29. The highest BCUT2D eigenvalue weighted by atomic mass is 35.5. The summed E-state index contributed by atoms with van der Waals surface area (Å²) in [5.41, 5.74) is 5.27. The largest absolute Gasteiger partial charge is 0.497 e. The highest BCUT2D eigenvalue weighted by Crippen LogP contribution is 2.25. The van der Waals surface area contributed by atoms with Crippen molar-refractivity contribution < 1.29 is 9.53 Å². The van der Waals surface area contributed by atoms with Gasteiger partial charge in [0.1, 0.15) is 11.6 Å².